The quantitative estimate of drug-likeness (QED) is 0.580. The molecule has 1 aromatic heterocycles. The minimum atomic E-state index is -5.19. The second kappa shape index (κ2) is 9.71. The number of carboxylic acid groups (broad SMARTS) is 1. The first-order valence-electron chi connectivity index (χ1n) is 9.25. The molecule has 1 unspecified atom stereocenters. The van der Waals surface area contributed by atoms with E-state index in [1.165, 1.54) is 0 Å². The van der Waals surface area contributed by atoms with Crippen molar-refractivity contribution < 1.29 is 33.2 Å². The first-order valence-corrected chi connectivity index (χ1v) is 10.2. The summed E-state index contributed by atoms with van der Waals surface area (Å²) in [5.41, 5.74) is 6.35. The predicted octanol–water partition coefficient (Wildman–Crippen LogP) is 2.47. The van der Waals surface area contributed by atoms with E-state index in [2.05, 4.69) is 15.3 Å². The summed E-state index contributed by atoms with van der Waals surface area (Å²) in [7, 11) is 0. The molecule has 3 aromatic rings. The Hall–Kier alpha value is -3.57. The second-order valence-corrected chi connectivity index (χ2v) is 7.41. The molecule has 0 radical (unpaired) electrons. The van der Waals surface area contributed by atoms with Crippen molar-refractivity contribution in [1.29, 1.82) is 0 Å². The number of carboxylic acids is 1. The monoisotopic (exact) mass is 462 g/mol. The zero-order chi connectivity index (χ0) is 23.3. The molecule has 11 heteroatoms. The number of aromatic nitrogens is 1. The highest BCUT2D eigenvalue weighted by Gasteiger charge is 2.29. The summed E-state index contributed by atoms with van der Waals surface area (Å²) in [6.45, 7) is 1.91. The standard InChI is InChI=1S/C19H16N4OS.C2HF3O2/c1-12(13-5-3-2-4-6-13)19(24)21-14-7-8-15-16(9-14)23-18(22-15)17-10-25-11-20-17;3-2(4,5)1(6)7/h2-12H,1H3,(H,21,24)(H,22,23);(H,6,7). The van der Waals surface area contributed by atoms with Gasteiger partial charge in [0.25, 0.3) is 5.84 Å². The Morgan fingerprint density at radius 3 is 2.44 bits per heavy atom. The number of amides is 1. The molecule has 7 nitrogen and oxygen atoms in total. The van der Waals surface area contributed by atoms with Gasteiger partial charge in [-0.2, -0.15) is 18.2 Å². The van der Waals surface area contributed by atoms with Gasteiger partial charge >= 0.3 is 6.18 Å². The number of hydrogen-bond donors (Lipinski definition) is 2. The number of carbonyl (C=O) groups is 2. The fourth-order valence-electron chi connectivity index (χ4n) is 2.77. The SMILES string of the molecule is CC(C(=O)Nc1ccc2c(c1)[NH2+]C(c1cscn1)=N2)c1ccccc1.O=C([O-])C(F)(F)F. The lowest BCUT2D eigenvalue weighted by Crippen LogP contribution is -2.80. The van der Waals surface area contributed by atoms with Crippen molar-refractivity contribution in [2.24, 2.45) is 4.99 Å². The van der Waals surface area contributed by atoms with Crippen LogP contribution in [-0.4, -0.2) is 28.9 Å². The number of anilines is 1. The number of quaternary nitrogens is 1. The van der Waals surface area contributed by atoms with Gasteiger partial charge in [-0.1, -0.05) is 30.3 Å². The van der Waals surface area contributed by atoms with Crippen molar-refractivity contribution in [1.82, 2.24) is 4.98 Å². The lowest BCUT2D eigenvalue weighted by molar-refractivity contribution is -0.437. The van der Waals surface area contributed by atoms with Crippen molar-refractivity contribution in [3.63, 3.8) is 0 Å². The highest BCUT2D eigenvalue weighted by Crippen LogP contribution is 2.29. The first-order chi connectivity index (χ1) is 15.1. The van der Waals surface area contributed by atoms with Crippen LogP contribution in [0.1, 0.15) is 24.1 Å². The third kappa shape index (κ3) is 5.77. The van der Waals surface area contributed by atoms with Crippen molar-refractivity contribution >= 4 is 46.1 Å². The molecule has 4 rings (SSSR count). The Bertz CT molecular complexity index is 1130. The average Bonchev–Trinajstić information content (AvgIpc) is 3.43. The minimum Gasteiger partial charge on any atom is -0.542 e. The number of halogens is 3. The van der Waals surface area contributed by atoms with Gasteiger partial charge in [-0.3, -0.25) is 10.1 Å². The molecule has 2 aromatic carbocycles. The summed E-state index contributed by atoms with van der Waals surface area (Å²) in [5.74, 6) is -2.38. The highest BCUT2D eigenvalue weighted by molar-refractivity contribution is 7.07. The Balaban J connectivity index is 0.000000360. The van der Waals surface area contributed by atoms with Gasteiger partial charge in [0.05, 0.1) is 11.4 Å². The second-order valence-electron chi connectivity index (χ2n) is 6.70. The molecule has 1 amide bonds. The van der Waals surface area contributed by atoms with Crippen LogP contribution in [0.2, 0.25) is 0 Å². The third-order valence-electron chi connectivity index (χ3n) is 4.45. The number of aliphatic carboxylic acids is 1. The lowest BCUT2D eigenvalue weighted by atomic mass is 10.0. The number of thiazole rings is 1. The molecule has 0 fully saturated rings. The molecule has 0 spiro atoms. The van der Waals surface area contributed by atoms with E-state index in [1.807, 2.05) is 66.2 Å². The van der Waals surface area contributed by atoms with E-state index in [1.54, 1.807) is 16.8 Å². The maximum absolute atomic E-state index is 12.5. The molecule has 166 valence electrons. The number of carbonyl (C=O) groups excluding carboxylic acids is 2. The normalized spacial score (nSPS) is 13.3. The molecule has 1 aliphatic rings. The summed E-state index contributed by atoms with van der Waals surface area (Å²) in [5, 5.41) is 15.8. The van der Waals surface area contributed by atoms with Crippen LogP contribution < -0.4 is 15.7 Å². The molecule has 1 aliphatic heterocycles. The number of rotatable bonds is 4. The Labute approximate surface area is 184 Å². The third-order valence-corrected chi connectivity index (χ3v) is 5.03. The van der Waals surface area contributed by atoms with Crippen LogP contribution in [0.5, 0.6) is 0 Å². The first kappa shape index (κ1) is 23.1. The minimum absolute atomic E-state index is 0.0233. The largest absolute Gasteiger partial charge is 0.542 e. The fourth-order valence-corrected chi connectivity index (χ4v) is 3.32. The topological polar surface area (TPSA) is 111 Å². The fraction of sp³-hybridized carbons (Fsp3) is 0.143. The summed E-state index contributed by atoms with van der Waals surface area (Å²) >= 11 is 1.55. The number of nitrogens with one attached hydrogen (secondary N) is 1. The van der Waals surface area contributed by atoms with E-state index in [4.69, 9.17) is 9.90 Å². The maximum Gasteiger partial charge on any atom is 0.430 e. The van der Waals surface area contributed by atoms with E-state index in [-0.39, 0.29) is 11.8 Å². The number of nitrogens with zero attached hydrogens (tertiary/aromatic N) is 2. The van der Waals surface area contributed by atoms with Gasteiger partial charge in [0.15, 0.2) is 11.4 Å². The number of amidine groups is 1. The Morgan fingerprint density at radius 1 is 1.16 bits per heavy atom. The van der Waals surface area contributed by atoms with Crippen LogP contribution >= 0.6 is 11.3 Å². The van der Waals surface area contributed by atoms with Crippen molar-refractivity contribution in [3.05, 3.63) is 70.7 Å². The molecular weight excluding hydrogens is 445 g/mol. The van der Waals surface area contributed by atoms with Crippen LogP contribution in [0, 0.1) is 0 Å². The number of nitrogens with two attached hydrogens (primary N) is 1. The number of benzene rings is 2. The van der Waals surface area contributed by atoms with Crippen LogP contribution in [0.15, 0.2) is 64.4 Å². The summed E-state index contributed by atoms with van der Waals surface area (Å²) < 4.78 is 31.5. The van der Waals surface area contributed by atoms with E-state index in [0.717, 1.165) is 34.2 Å². The van der Waals surface area contributed by atoms with Crippen LogP contribution in [-0.2, 0) is 9.59 Å². The maximum atomic E-state index is 12.5. The van der Waals surface area contributed by atoms with Crippen molar-refractivity contribution in [2.75, 3.05) is 5.32 Å². The van der Waals surface area contributed by atoms with Crippen molar-refractivity contribution in [2.45, 2.75) is 19.0 Å². The lowest BCUT2D eigenvalue weighted by Gasteiger charge is -2.12. The molecule has 1 atom stereocenters. The van der Waals surface area contributed by atoms with Gasteiger partial charge in [0.2, 0.25) is 5.91 Å². The van der Waals surface area contributed by atoms with E-state index >= 15 is 0 Å². The van der Waals surface area contributed by atoms with Gasteiger partial charge in [0.1, 0.15) is 11.7 Å². The number of aliphatic imine (C=N–C) groups is 1. The van der Waals surface area contributed by atoms with E-state index < -0.39 is 12.1 Å². The summed E-state index contributed by atoms with van der Waals surface area (Å²) in [6.07, 6.45) is -5.19. The zero-order valence-electron chi connectivity index (χ0n) is 16.6. The summed E-state index contributed by atoms with van der Waals surface area (Å²) in [4.78, 5) is 30.2. The zero-order valence-corrected chi connectivity index (χ0v) is 17.4. The predicted molar refractivity (Wildman–Crippen MR) is 111 cm³/mol. The molecule has 0 saturated heterocycles. The van der Waals surface area contributed by atoms with Crippen LogP contribution in [0.25, 0.3) is 0 Å². The molecule has 0 aliphatic carbocycles. The van der Waals surface area contributed by atoms with Gasteiger partial charge in [-0.05, 0) is 24.6 Å². The van der Waals surface area contributed by atoms with Gasteiger partial charge in [-0.25, -0.2) is 4.98 Å². The number of alkyl halides is 3. The Kier molecular flexibility index (Phi) is 7.01. The molecular formula is C21H17F3N4O3S. The van der Waals surface area contributed by atoms with Gasteiger partial charge in [0, 0.05) is 17.1 Å². The van der Waals surface area contributed by atoms with Crippen LogP contribution in [0.3, 0.4) is 0 Å². The van der Waals surface area contributed by atoms with E-state index in [9.17, 15) is 18.0 Å². The number of fused-ring (bicyclic) bond motifs is 1. The van der Waals surface area contributed by atoms with Crippen LogP contribution in [0.4, 0.5) is 30.2 Å². The van der Waals surface area contributed by atoms with Crippen molar-refractivity contribution in [3.8, 4) is 0 Å². The Morgan fingerprint density at radius 2 is 1.84 bits per heavy atom. The van der Waals surface area contributed by atoms with E-state index in [0.29, 0.717) is 0 Å². The molecule has 0 bridgehead atoms. The van der Waals surface area contributed by atoms with Gasteiger partial charge < -0.3 is 15.2 Å². The summed E-state index contributed by atoms with van der Waals surface area (Å²) in [6, 6.07) is 15.5. The molecule has 3 N–H and O–H groups in total. The molecule has 32 heavy (non-hydrogen) atoms. The molecule has 0 saturated carbocycles. The van der Waals surface area contributed by atoms with Gasteiger partial charge in [-0.15, -0.1) is 11.3 Å². The average molecular weight is 462 g/mol. The number of hydrogen-bond acceptors (Lipinski definition) is 6. The molecule has 2 heterocycles. The smallest absolute Gasteiger partial charge is 0.430 e. The highest BCUT2D eigenvalue weighted by atomic mass is 32.1.